The minimum absolute atomic E-state index is 0.166. The molecule has 0 radical (unpaired) electrons. The SMILES string of the molecule is COc1ccc(-c2nnn(CC(=O)N(Cc3ccccc3)[C@@H](C)C(=O)NC(C)(C)C)n2)cc1OC. The van der Waals surface area contributed by atoms with Gasteiger partial charge in [0.1, 0.15) is 12.6 Å². The van der Waals surface area contributed by atoms with Gasteiger partial charge in [-0.15, -0.1) is 10.2 Å². The Morgan fingerprint density at radius 2 is 1.74 bits per heavy atom. The summed E-state index contributed by atoms with van der Waals surface area (Å²) in [5.41, 5.74) is 1.16. The molecule has 0 aliphatic carbocycles. The Bertz CT molecular complexity index is 1160. The van der Waals surface area contributed by atoms with E-state index >= 15 is 0 Å². The molecule has 3 rings (SSSR count). The monoisotopic (exact) mass is 480 g/mol. The van der Waals surface area contributed by atoms with E-state index in [9.17, 15) is 9.59 Å². The number of amides is 2. The Labute approximate surface area is 205 Å². The Balaban J connectivity index is 1.81. The molecule has 1 aromatic heterocycles. The van der Waals surface area contributed by atoms with Crippen molar-refractivity contribution in [1.29, 1.82) is 0 Å². The molecule has 1 N–H and O–H groups in total. The predicted octanol–water partition coefficient (Wildman–Crippen LogP) is 2.69. The van der Waals surface area contributed by atoms with Gasteiger partial charge < -0.3 is 19.7 Å². The molecule has 0 unspecified atom stereocenters. The number of rotatable bonds is 9. The first-order chi connectivity index (χ1) is 16.6. The molecular formula is C25H32N6O4. The number of hydrogen-bond acceptors (Lipinski definition) is 7. The average Bonchev–Trinajstić information content (AvgIpc) is 3.29. The van der Waals surface area contributed by atoms with E-state index in [0.29, 0.717) is 22.9 Å². The molecule has 0 saturated heterocycles. The van der Waals surface area contributed by atoms with Crippen molar-refractivity contribution in [3.63, 3.8) is 0 Å². The normalized spacial score (nSPS) is 12.1. The third-order valence-corrected chi connectivity index (χ3v) is 5.23. The Hall–Kier alpha value is -3.95. The fraction of sp³-hybridized carbons (Fsp3) is 0.400. The highest BCUT2D eigenvalue weighted by Gasteiger charge is 2.29. The van der Waals surface area contributed by atoms with Gasteiger partial charge >= 0.3 is 0 Å². The van der Waals surface area contributed by atoms with Gasteiger partial charge in [-0.1, -0.05) is 30.3 Å². The van der Waals surface area contributed by atoms with E-state index in [1.807, 2.05) is 51.1 Å². The lowest BCUT2D eigenvalue weighted by Crippen LogP contribution is -2.53. The van der Waals surface area contributed by atoms with Crippen molar-refractivity contribution in [3.05, 3.63) is 54.1 Å². The first kappa shape index (κ1) is 25.7. The smallest absolute Gasteiger partial charge is 0.247 e. The summed E-state index contributed by atoms with van der Waals surface area (Å²) in [6.45, 7) is 7.52. The topological polar surface area (TPSA) is 111 Å². The number of aromatic nitrogens is 4. The lowest BCUT2D eigenvalue weighted by Gasteiger charge is -2.31. The second kappa shape index (κ2) is 11.0. The Morgan fingerprint density at radius 1 is 1.06 bits per heavy atom. The second-order valence-electron chi connectivity index (χ2n) is 9.14. The highest BCUT2D eigenvalue weighted by Crippen LogP contribution is 2.30. The van der Waals surface area contributed by atoms with Crippen molar-refractivity contribution in [3.8, 4) is 22.9 Å². The molecule has 2 aromatic carbocycles. The van der Waals surface area contributed by atoms with Crippen molar-refractivity contribution in [2.45, 2.75) is 52.4 Å². The molecule has 10 nitrogen and oxygen atoms in total. The largest absolute Gasteiger partial charge is 0.493 e. The molecule has 0 aliphatic heterocycles. The zero-order chi connectivity index (χ0) is 25.6. The summed E-state index contributed by atoms with van der Waals surface area (Å²) in [7, 11) is 3.10. The first-order valence-electron chi connectivity index (χ1n) is 11.3. The van der Waals surface area contributed by atoms with Gasteiger partial charge in [-0.05, 0) is 56.7 Å². The highest BCUT2D eigenvalue weighted by atomic mass is 16.5. The average molecular weight is 481 g/mol. The van der Waals surface area contributed by atoms with Gasteiger partial charge in [0.2, 0.25) is 17.6 Å². The van der Waals surface area contributed by atoms with Crippen molar-refractivity contribution in [2.75, 3.05) is 14.2 Å². The van der Waals surface area contributed by atoms with Crippen LogP contribution in [0.25, 0.3) is 11.4 Å². The molecule has 1 heterocycles. The van der Waals surface area contributed by atoms with Crippen molar-refractivity contribution < 1.29 is 19.1 Å². The third-order valence-electron chi connectivity index (χ3n) is 5.23. The molecule has 0 spiro atoms. The fourth-order valence-electron chi connectivity index (χ4n) is 3.45. The van der Waals surface area contributed by atoms with Gasteiger partial charge in [0.15, 0.2) is 11.5 Å². The third kappa shape index (κ3) is 6.78. The van der Waals surface area contributed by atoms with E-state index in [0.717, 1.165) is 5.56 Å². The maximum absolute atomic E-state index is 13.3. The van der Waals surface area contributed by atoms with Gasteiger partial charge in [-0.25, -0.2) is 0 Å². The number of nitrogens with zero attached hydrogens (tertiary/aromatic N) is 5. The molecule has 0 bridgehead atoms. The fourth-order valence-corrected chi connectivity index (χ4v) is 3.45. The van der Waals surface area contributed by atoms with E-state index in [1.54, 1.807) is 39.3 Å². The number of hydrogen-bond donors (Lipinski definition) is 1. The van der Waals surface area contributed by atoms with Gasteiger partial charge in [-0.2, -0.15) is 4.80 Å². The standard InChI is InChI=1S/C25H32N6O4/c1-17(24(33)26-25(2,3)4)30(15-18-10-8-7-9-11-18)22(32)16-31-28-23(27-29-31)19-12-13-20(34-5)21(14-19)35-6/h7-14,17H,15-16H2,1-6H3,(H,26,33)/t17-/m0/s1. The van der Waals surface area contributed by atoms with Gasteiger partial charge in [0.25, 0.3) is 0 Å². The zero-order valence-electron chi connectivity index (χ0n) is 21.0. The van der Waals surface area contributed by atoms with Crippen LogP contribution in [-0.4, -0.2) is 62.7 Å². The summed E-state index contributed by atoms with van der Waals surface area (Å²) in [6, 6.07) is 14.1. The van der Waals surface area contributed by atoms with Crippen LogP contribution in [0.5, 0.6) is 11.5 Å². The number of methoxy groups -OCH3 is 2. The predicted molar refractivity (Wildman–Crippen MR) is 131 cm³/mol. The summed E-state index contributed by atoms with van der Waals surface area (Å²) >= 11 is 0. The van der Waals surface area contributed by atoms with Crippen LogP contribution in [-0.2, 0) is 22.7 Å². The second-order valence-corrected chi connectivity index (χ2v) is 9.14. The van der Waals surface area contributed by atoms with Crippen molar-refractivity contribution in [1.82, 2.24) is 30.4 Å². The van der Waals surface area contributed by atoms with Gasteiger partial charge in [0, 0.05) is 17.6 Å². The molecule has 3 aromatic rings. The van der Waals surface area contributed by atoms with Gasteiger partial charge in [0.05, 0.1) is 14.2 Å². The molecule has 0 saturated carbocycles. The molecule has 35 heavy (non-hydrogen) atoms. The molecule has 10 heteroatoms. The summed E-state index contributed by atoms with van der Waals surface area (Å²) in [4.78, 5) is 29.0. The summed E-state index contributed by atoms with van der Waals surface area (Å²) in [6.07, 6.45) is 0. The zero-order valence-corrected chi connectivity index (χ0v) is 21.0. The van der Waals surface area contributed by atoms with Crippen LogP contribution in [0, 0.1) is 0 Å². The van der Waals surface area contributed by atoms with E-state index in [1.165, 1.54) is 9.70 Å². The van der Waals surface area contributed by atoms with Crippen LogP contribution >= 0.6 is 0 Å². The molecule has 186 valence electrons. The number of carbonyl (C=O) groups is 2. The van der Waals surface area contributed by atoms with Crippen molar-refractivity contribution >= 4 is 11.8 Å². The summed E-state index contributed by atoms with van der Waals surface area (Å²) in [5, 5.41) is 15.4. The quantitative estimate of drug-likeness (QED) is 0.501. The van der Waals surface area contributed by atoms with Crippen LogP contribution in [0.3, 0.4) is 0 Å². The van der Waals surface area contributed by atoms with Gasteiger partial charge in [-0.3, -0.25) is 9.59 Å². The molecule has 1 atom stereocenters. The van der Waals surface area contributed by atoms with Crippen LogP contribution in [0.2, 0.25) is 0 Å². The minimum Gasteiger partial charge on any atom is -0.493 e. The maximum Gasteiger partial charge on any atom is 0.247 e. The minimum atomic E-state index is -0.698. The lowest BCUT2D eigenvalue weighted by molar-refractivity contribution is -0.142. The molecule has 0 fully saturated rings. The number of benzene rings is 2. The molecule has 2 amide bonds. The van der Waals surface area contributed by atoms with E-state index in [2.05, 4.69) is 20.7 Å². The van der Waals surface area contributed by atoms with E-state index < -0.39 is 11.6 Å². The first-order valence-corrected chi connectivity index (χ1v) is 11.3. The van der Waals surface area contributed by atoms with Crippen LogP contribution in [0.4, 0.5) is 0 Å². The summed E-state index contributed by atoms with van der Waals surface area (Å²) in [5.74, 6) is 0.913. The Morgan fingerprint density at radius 3 is 2.37 bits per heavy atom. The van der Waals surface area contributed by atoms with Crippen LogP contribution in [0.1, 0.15) is 33.3 Å². The molecular weight excluding hydrogens is 448 g/mol. The van der Waals surface area contributed by atoms with Crippen LogP contribution < -0.4 is 14.8 Å². The number of tetrazole rings is 1. The number of nitrogens with one attached hydrogen (secondary N) is 1. The van der Waals surface area contributed by atoms with Crippen molar-refractivity contribution in [2.24, 2.45) is 0 Å². The van der Waals surface area contributed by atoms with Crippen LogP contribution in [0.15, 0.2) is 48.5 Å². The Kier molecular flexibility index (Phi) is 8.06. The van der Waals surface area contributed by atoms with E-state index in [4.69, 9.17) is 9.47 Å². The maximum atomic E-state index is 13.3. The summed E-state index contributed by atoms with van der Waals surface area (Å²) < 4.78 is 10.6. The number of ether oxygens (including phenoxy) is 2. The van der Waals surface area contributed by atoms with E-state index in [-0.39, 0.29) is 24.9 Å². The lowest BCUT2D eigenvalue weighted by atomic mass is 10.1. The molecule has 0 aliphatic rings. The highest BCUT2D eigenvalue weighted by molar-refractivity contribution is 5.87. The number of carbonyl (C=O) groups excluding carboxylic acids is 2.